The predicted octanol–water partition coefficient (Wildman–Crippen LogP) is 6.41. The summed E-state index contributed by atoms with van der Waals surface area (Å²) in [5, 5.41) is 0. The molecule has 2 heteroatoms. The Bertz CT molecular complexity index is 572. The smallest absolute Gasteiger partial charge is 0.119 e. The molecule has 1 atom stereocenters. The van der Waals surface area contributed by atoms with Gasteiger partial charge in [0, 0.05) is 6.61 Å². The first-order valence-electron chi connectivity index (χ1n) is 9.19. The van der Waals surface area contributed by atoms with Crippen molar-refractivity contribution in [2.45, 2.75) is 52.6 Å². The molecule has 0 aromatic heterocycles. The van der Waals surface area contributed by atoms with Crippen LogP contribution in [0.2, 0.25) is 0 Å². The van der Waals surface area contributed by atoms with Crippen LogP contribution < -0.4 is 4.74 Å². The summed E-state index contributed by atoms with van der Waals surface area (Å²) in [7, 11) is 0. The minimum Gasteiger partial charge on any atom is -0.494 e. The maximum atomic E-state index is 5.86. The van der Waals surface area contributed by atoms with Crippen molar-refractivity contribution in [3.8, 4) is 16.9 Å². The van der Waals surface area contributed by atoms with E-state index >= 15 is 0 Å². The molecule has 0 radical (unpaired) electrons. The van der Waals surface area contributed by atoms with Gasteiger partial charge in [-0.25, -0.2) is 0 Å². The van der Waals surface area contributed by atoms with Crippen LogP contribution in [0.15, 0.2) is 48.5 Å². The Kier molecular flexibility index (Phi) is 7.84. The van der Waals surface area contributed by atoms with E-state index in [2.05, 4.69) is 69.3 Å². The fourth-order valence-electron chi connectivity index (χ4n) is 2.53. The zero-order valence-electron chi connectivity index (χ0n) is 15.3. The Hall–Kier alpha value is -1.80. The molecule has 0 bridgehead atoms. The summed E-state index contributed by atoms with van der Waals surface area (Å²) in [6.45, 7) is 8.10. The molecule has 0 spiro atoms. The van der Waals surface area contributed by atoms with Gasteiger partial charge in [0.25, 0.3) is 0 Å². The van der Waals surface area contributed by atoms with E-state index in [1.165, 1.54) is 23.1 Å². The summed E-state index contributed by atoms with van der Waals surface area (Å²) in [5.41, 5.74) is 3.66. The SMILES string of the molecule is CCCCOc1ccc(-c2ccc(C(C)OCCCC)cc2)cc1. The molecule has 0 fully saturated rings. The highest BCUT2D eigenvalue weighted by Gasteiger charge is 2.06. The number of unbranched alkanes of at least 4 members (excludes halogenated alkanes) is 2. The first-order chi connectivity index (χ1) is 11.7. The van der Waals surface area contributed by atoms with Crippen LogP contribution in [0.1, 0.15) is 58.1 Å². The first-order valence-corrected chi connectivity index (χ1v) is 9.19. The topological polar surface area (TPSA) is 18.5 Å². The summed E-state index contributed by atoms with van der Waals surface area (Å²) in [4.78, 5) is 0. The van der Waals surface area contributed by atoms with Crippen LogP contribution in [0.3, 0.4) is 0 Å². The number of ether oxygens (including phenoxy) is 2. The summed E-state index contributed by atoms with van der Waals surface area (Å²) in [6, 6.07) is 17.0. The van der Waals surface area contributed by atoms with Crippen molar-refractivity contribution in [1.29, 1.82) is 0 Å². The van der Waals surface area contributed by atoms with Crippen LogP contribution in [-0.4, -0.2) is 13.2 Å². The van der Waals surface area contributed by atoms with E-state index in [4.69, 9.17) is 9.47 Å². The van der Waals surface area contributed by atoms with Gasteiger partial charge in [0.05, 0.1) is 12.7 Å². The molecule has 2 nitrogen and oxygen atoms in total. The summed E-state index contributed by atoms with van der Waals surface area (Å²) < 4.78 is 11.6. The summed E-state index contributed by atoms with van der Waals surface area (Å²) >= 11 is 0. The third-order valence-corrected chi connectivity index (χ3v) is 4.20. The minimum atomic E-state index is 0.153. The zero-order valence-corrected chi connectivity index (χ0v) is 15.3. The van der Waals surface area contributed by atoms with Crippen molar-refractivity contribution < 1.29 is 9.47 Å². The summed E-state index contributed by atoms with van der Waals surface area (Å²) in [5.74, 6) is 0.946. The van der Waals surface area contributed by atoms with Gasteiger partial charge < -0.3 is 9.47 Å². The Morgan fingerprint density at radius 2 is 1.29 bits per heavy atom. The van der Waals surface area contributed by atoms with Crippen LogP contribution in [0, 0.1) is 0 Å². The number of rotatable bonds is 10. The standard InChI is InChI=1S/C22H30O2/c1-4-6-16-23-18(3)19-8-10-20(11-9-19)21-12-14-22(15-13-21)24-17-7-5-2/h8-15,18H,4-7,16-17H2,1-3H3. The Morgan fingerprint density at radius 1 is 0.750 bits per heavy atom. The lowest BCUT2D eigenvalue weighted by molar-refractivity contribution is 0.0637. The Labute approximate surface area is 146 Å². The van der Waals surface area contributed by atoms with Gasteiger partial charge in [-0.2, -0.15) is 0 Å². The third kappa shape index (κ3) is 5.68. The molecule has 2 aromatic rings. The molecule has 2 aromatic carbocycles. The van der Waals surface area contributed by atoms with Gasteiger partial charge in [-0.1, -0.05) is 63.1 Å². The second kappa shape index (κ2) is 10.1. The first kappa shape index (κ1) is 18.5. The molecule has 1 unspecified atom stereocenters. The lowest BCUT2D eigenvalue weighted by Crippen LogP contribution is -2.01. The molecule has 0 heterocycles. The largest absolute Gasteiger partial charge is 0.494 e. The highest BCUT2D eigenvalue weighted by molar-refractivity contribution is 5.64. The van der Waals surface area contributed by atoms with Crippen molar-refractivity contribution >= 4 is 0 Å². The fraction of sp³-hybridized carbons (Fsp3) is 0.455. The van der Waals surface area contributed by atoms with Crippen LogP contribution in [0.5, 0.6) is 5.75 Å². The minimum absolute atomic E-state index is 0.153. The molecule has 0 saturated heterocycles. The average Bonchev–Trinajstić information content (AvgIpc) is 2.63. The molecule has 0 saturated carbocycles. The number of hydrogen-bond donors (Lipinski definition) is 0. The number of hydrogen-bond acceptors (Lipinski definition) is 2. The van der Waals surface area contributed by atoms with Crippen molar-refractivity contribution in [3.05, 3.63) is 54.1 Å². The monoisotopic (exact) mass is 326 g/mol. The molecule has 0 amide bonds. The molecule has 0 aliphatic carbocycles. The molecule has 130 valence electrons. The van der Waals surface area contributed by atoms with Gasteiger partial charge in [-0.05, 0) is 48.6 Å². The highest BCUT2D eigenvalue weighted by Crippen LogP contribution is 2.25. The zero-order chi connectivity index (χ0) is 17.2. The van der Waals surface area contributed by atoms with Gasteiger partial charge in [0.15, 0.2) is 0 Å². The van der Waals surface area contributed by atoms with E-state index in [1.807, 2.05) is 0 Å². The van der Waals surface area contributed by atoms with Crippen molar-refractivity contribution in [2.75, 3.05) is 13.2 Å². The van der Waals surface area contributed by atoms with Crippen molar-refractivity contribution in [1.82, 2.24) is 0 Å². The van der Waals surface area contributed by atoms with E-state index in [-0.39, 0.29) is 6.10 Å². The Morgan fingerprint density at radius 3 is 1.88 bits per heavy atom. The van der Waals surface area contributed by atoms with E-state index in [1.54, 1.807) is 0 Å². The van der Waals surface area contributed by atoms with Gasteiger partial charge in [-0.3, -0.25) is 0 Å². The van der Waals surface area contributed by atoms with E-state index in [0.29, 0.717) is 0 Å². The fourth-order valence-corrected chi connectivity index (χ4v) is 2.53. The molecule has 0 N–H and O–H groups in total. The van der Waals surface area contributed by atoms with Gasteiger partial charge in [0.2, 0.25) is 0 Å². The molecule has 0 aliphatic rings. The van der Waals surface area contributed by atoms with E-state index in [0.717, 1.165) is 38.2 Å². The van der Waals surface area contributed by atoms with Crippen LogP contribution in [0.4, 0.5) is 0 Å². The molecule has 2 rings (SSSR count). The van der Waals surface area contributed by atoms with Crippen molar-refractivity contribution in [2.24, 2.45) is 0 Å². The van der Waals surface area contributed by atoms with Crippen molar-refractivity contribution in [3.63, 3.8) is 0 Å². The van der Waals surface area contributed by atoms with Gasteiger partial charge in [-0.15, -0.1) is 0 Å². The predicted molar refractivity (Wildman–Crippen MR) is 102 cm³/mol. The van der Waals surface area contributed by atoms with E-state index in [9.17, 15) is 0 Å². The molecule has 24 heavy (non-hydrogen) atoms. The van der Waals surface area contributed by atoms with Crippen LogP contribution in [0.25, 0.3) is 11.1 Å². The van der Waals surface area contributed by atoms with Gasteiger partial charge in [0.1, 0.15) is 5.75 Å². The third-order valence-electron chi connectivity index (χ3n) is 4.20. The summed E-state index contributed by atoms with van der Waals surface area (Å²) in [6.07, 6.45) is 4.70. The highest BCUT2D eigenvalue weighted by atomic mass is 16.5. The maximum absolute atomic E-state index is 5.86. The average molecular weight is 326 g/mol. The van der Waals surface area contributed by atoms with E-state index < -0.39 is 0 Å². The maximum Gasteiger partial charge on any atom is 0.119 e. The lowest BCUT2D eigenvalue weighted by Gasteiger charge is -2.14. The quantitative estimate of drug-likeness (QED) is 0.470. The lowest BCUT2D eigenvalue weighted by atomic mass is 10.0. The molecule has 0 aliphatic heterocycles. The van der Waals surface area contributed by atoms with Crippen LogP contribution >= 0.6 is 0 Å². The van der Waals surface area contributed by atoms with Crippen LogP contribution in [-0.2, 0) is 4.74 Å². The molecular weight excluding hydrogens is 296 g/mol. The molecular formula is C22H30O2. The van der Waals surface area contributed by atoms with Gasteiger partial charge >= 0.3 is 0 Å². The second-order valence-electron chi connectivity index (χ2n) is 6.21. The normalized spacial score (nSPS) is 12.1. The second-order valence-corrected chi connectivity index (χ2v) is 6.21. The Balaban J connectivity index is 1.94. The number of benzene rings is 2.